The fraction of sp³-hybridized carbons (Fsp3) is 0.188. The smallest absolute Gasteiger partial charge is 0.350 e. The second-order valence-electron chi connectivity index (χ2n) is 9.90. The van der Waals surface area contributed by atoms with E-state index in [4.69, 9.17) is 9.47 Å². The average Bonchev–Trinajstić information content (AvgIpc) is 3.52. The second-order valence-corrected chi connectivity index (χ2v) is 10.9. The minimum atomic E-state index is -1.19. The van der Waals surface area contributed by atoms with Gasteiger partial charge < -0.3 is 14.6 Å². The van der Waals surface area contributed by atoms with Crippen molar-refractivity contribution in [2.45, 2.75) is 33.4 Å². The number of rotatable bonds is 9. The lowest BCUT2D eigenvalue weighted by atomic mass is 9.94. The first-order valence-corrected chi connectivity index (χ1v) is 14.4. The van der Waals surface area contributed by atoms with Gasteiger partial charge in [-0.1, -0.05) is 41.7 Å². The molecule has 3 aromatic carbocycles. The number of nitro groups is 1. The Balaban J connectivity index is 1.58. The van der Waals surface area contributed by atoms with Crippen LogP contribution in [-0.2, 0) is 20.9 Å². The average molecular weight is 614 g/mol. The minimum Gasteiger partial charge on any atom is -0.507 e. The van der Waals surface area contributed by atoms with Crippen molar-refractivity contribution in [3.05, 3.63) is 121 Å². The Morgan fingerprint density at radius 2 is 1.77 bits per heavy atom. The van der Waals surface area contributed by atoms with Crippen molar-refractivity contribution >= 4 is 45.6 Å². The summed E-state index contributed by atoms with van der Waals surface area (Å²) in [7, 11) is 0. The number of hydrogen-bond donors (Lipinski definition) is 1. The molecule has 0 aliphatic carbocycles. The van der Waals surface area contributed by atoms with E-state index < -0.39 is 34.4 Å². The molecule has 11 nitrogen and oxygen atoms in total. The summed E-state index contributed by atoms with van der Waals surface area (Å²) in [5, 5.41) is 22.9. The van der Waals surface area contributed by atoms with E-state index in [1.54, 1.807) is 39.0 Å². The van der Waals surface area contributed by atoms with E-state index >= 15 is 0 Å². The number of amides is 1. The second kappa shape index (κ2) is 12.5. The highest BCUT2D eigenvalue weighted by molar-refractivity contribution is 7.17. The van der Waals surface area contributed by atoms with Crippen LogP contribution >= 0.6 is 11.3 Å². The number of ether oxygens (including phenoxy) is 2. The highest BCUT2D eigenvalue weighted by atomic mass is 32.1. The summed E-state index contributed by atoms with van der Waals surface area (Å²) in [6, 6.07) is 18.6. The van der Waals surface area contributed by atoms with Crippen LogP contribution in [0.2, 0.25) is 0 Å². The van der Waals surface area contributed by atoms with Crippen LogP contribution in [0.4, 0.5) is 10.8 Å². The first-order valence-electron chi connectivity index (χ1n) is 13.6. The lowest BCUT2D eigenvalue weighted by Crippen LogP contribution is -2.29. The van der Waals surface area contributed by atoms with Crippen LogP contribution in [-0.4, -0.2) is 39.3 Å². The number of nitrogens with zero attached hydrogens (tertiary/aromatic N) is 3. The summed E-state index contributed by atoms with van der Waals surface area (Å²) < 4.78 is 11.0. The van der Waals surface area contributed by atoms with Crippen molar-refractivity contribution in [1.82, 2.24) is 4.98 Å². The highest BCUT2D eigenvalue weighted by Crippen LogP contribution is 2.44. The third-order valence-corrected chi connectivity index (χ3v) is 8.14. The zero-order valence-corrected chi connectivity index (χ0v) is 24.8. The number of nitro benzene ring substituents is 1. The predicted molar refractivity (Wildman–Crippen MR) is 163 cm³/mol. The molecule has 1 aliphatic heterocycles. The van der Waals surface area contributed by atoms with Crippen LogP contribution < -0.4 is 9.64 Å². The fourth-order valence-corrected chi connectivity index (χ4v) is 5.83. The van der Waals surface area contributed by atoms with E-state index in [0.717, 1.165) is 21.8 Å². The molecule has 0 radical (unpaired) electrons. The molecule has 44 heavy (non-hydrogen) atoms. The van der Waals surface area contributed by atoms with Gasteiger partial charge in [-0.25, -0.2) is 9.78 Å². The standard InChI is InChI=1S/C32H27N3O8S/c1-4-42-31(39)29-19(3)33-32(44-29)34-26(21-10-13-23(14-11-21)35(40)41)25(28(37)30(34)38)27(36)22-12-15-24(18(2)16-22)43-17-20-8-6-5-7-9-20/h5-16,26,36H,4,17H2,1-3H3. The van der Waals surface area contributed by atoms with Gasteiger partial charge in [0.1, 0.15) is 23.0 Å². The Morgan fingerprint density at radius 3 is 2.41 bits per heavy atom. The van der Waals surface area contributed by atoms with E-state index in [1.165, 1.54) is 24.3 Å². The van der Waals surface area contributed by atoms with Gasteiger partial charge in [0.25, 0.3) is 11.5 Å². The third kappa shape index (κ3) is 5.79. The van der Waals surface area contributed by atoms with Gasteiger partial charge in [0.2, 0.25) is 0 Å². The number of aliphatic hydroxyl groups excluding tert-OH is 1. The number of carbonyl (C=O) groups is 3. The minimum absolute atomic E-state index is 0.0379. The quantitative estimate of drug-likeness (QED) is 0.0594. The van der Waals surface area contributed by atoms with E-state index in [0.29, 0.717) is 29.2 Å². The van der Waals surface area contributed by atoms with Crippen LogP contribution in [0.25, 0.3) is 5.76 Å². The lowest BCUT2D eigenvalue weighted by molar-refractivity contribution is -0.384. The highest BCUT2D eigenvalue weighted by Gasteiger charge is 2.48. The van der Waals surface area contributed by atoms with Crippen LogP contribution in [0.3, 0.4) is 0 Å². The van der Waals surface area contributed by atoms with E-state index in [-0.39, 0.29) is 33.4 Å². The number of carbonyl (C=O) groups excluding carboxylic acids is 3. The monoisotopic (exact) mass is 613 g/mol. The Hall–Kier alpha value is -5.36. The molecule has 12 heteroatoms. The molecular formula is C32H27N3O8S. The molecule has 1 saturated heterocycles. The number of Topliss-reactive ketones (excluding diaryl/α,β-unsaturated/α-hetero) is 1. The number of aryl methyl sites for hydroxylation is 2. The van der Waals surface area contributed by atoms with Gasteiger partial charge in [0.15, 0.2) is 5.13 Å². The van der Waals surface area contributed by atoms with Crippen molar-refractivity contribution in [3.8, 4) is 5.75 Å². The zero-order chi connectivity index (χ0) is 31.5. The van der Waals surface area contributed by atoms with Gasteiger partial charge in [-0.15, -0.1) is 0 Å². The van der Waals surface area contributed by atoms with Gasteiger partial charge >= 0.3 is 11.9 Å². The lowest BCUT2D eigenvalue weighted by Gasteiger charge is -2.23. The van der Waals surface area contributed by atoms with Crippen LogP contribution in [0, 0.1) is 24.0 Å². The van der Waals surface area contributed by atoms with Gasteiger partial charge in [0.05, 0.1) is 28.8 Å². The Bertz CT molecular complexity index is 1800. The summed E-state index contributed by atoms with van der Waals surface area (Å²) in [6.45, 7) is 5.49. The third-order valence-electron chi connectivity index (χ3n) is 7.00. The molecule has 2 heterocycles. The maximum atomic E-state index is 13.5. The van der Waals surface area contributed by atoms with Crippen molar-refractivity contribution in [2.75, 3.05) is 11.5 Å². The first kappa shape index (κ1) is 30.1. The Kier molecular flexibility index (Phi) is 8.54. The summed E-state index contributed by atoms with van der Waals surface area (Å²) in [5.74, 6) is -2.44. The number of benzene rings is 3. The van der Waals surface area contributed by atoms with E-state index in [9.17, 15) is 29.6 Å². The molecule has 0 spiro atoms. The topological polar surface area (TPSA) is 149 Å². The largest absolute Gasteiger partial charge is 0.507 e. The molecular weight excluding hydrogens is 586 g/mol. The summed E-state index contributed by atoms with van der Waals surface area (Å²) in [6.07, 6.45) is 0. The van der Waals surface area contributed by atoms with Crippen molar-refractivity contribution in [1.29, 1.82) is 0 Å². The van der Waals surface area contributed by atoms with Crippen LogP contribution in [0.1, 0.15) is 50.6 Å². The Labute approximate surface area is 256 Å². The summed E-state index contributed by atoms with van der Waals surface area (Å²) in [5.41, 5.74) is 2.12. The molecule has 1 aliphatic rings. The van der Waals surface area contributed by atoms with Crippen LogP contribution in [0.5, 0.6) is 5.75 Å². The number of ketones is 1. The van der Waals surface area contributed by atoms with Crippen molar-refractivity contribution in [3.63, 3.8) is 0 Å². The fourth-order valence-electron chi connectivity index (χ4n) is 4.84. The number of non-ortho nitro benzene ring substituents is 1. The number of hydrogen-bond acceptors (Lipinski definition) is 10. The van der Waals surface area contributed by atoms with Crippen molar-refractivity contribution < 1.29 is 33.9 Å². The number of thiazole rings is 1. The van der Waals surface area contributed by atoms with Gasteiger partial charge in [0, 0.05) is 17.7 Å². The molecule has 0 bridgehead atoms. The summed E-state index contributed by atoms with van der Waals surface area (Å²) in [4.78, 5) is 55.9. The van der Waals surface area contributed by atoms with E-state index in [1.807, 2.05) is 30.3 Å². The maximum absolute atomic E-state index is 13.5. The first-order chi connectivity index (χ1) is 21.1. The van der Waals surface area contributed by atoms with Gasteiger partial charge in [-0.05, 0) is 67.8 Å². The van der Waals surface area contributed by atoms with Gasteiger partial charge in [-0.3, -0.25) is 24.6 Å². The van der Waals surface area contributed by atoms with E-state index in [2.05, 4.69) is 4.98 Å². The molecule has 1 atom stereocenters. The Morgan fingerprint density at radius 1 is 1.07 bits per heavy atom. The van der Waals surface area contributed by atoms with Crippen molar-refractivity contribution in [2.24, 2.45) is 0 Å². The molecule has 1 fully saturated rings. The number of anilines is 1. The maximum Gasteiger partial charge on any atom is 0.350 e. The van der Waals surface area contributed by atoms with Crippen LogP contribution in [0.15, 0.2) is 78.4 Å². The number of esters is 1. The summed E-state index contributed by atoms with van der Waals surface area (Å²) >= 11 is 0.873. The predicted octanol–water partition coefficient (Wildman–Crippen LogP) is 6.05. The number of aromatic nitrogens is 1. The molecule has 1 N–H and O–H groups in total. The molecule has 5 rings (SSSR count). The molecule has 0 saturated carbocycles. The van der Waals surface area contributed by atoms with Gasteiger partial charge in [-0.2, -0.15) is 0 Å². The normalized spacial score (nSPS) is 15.8. The molecule has 1 aromatic heterocycles. The zero-order valence-electron chi connectivity index (χ0n) is 24.0. The molecule has 1 amide bonds. The molecule has 224 valence electrons. The SMILES string of the molecule is CCOC(=O)c1sc(N2C(=O)C(=O)C(=C(O)c3ccc(OCc4ccccc4)c(C)c3)C2c2ccc([N+](=O)[O-])cc2)nc1C. The number of aliphatic hydroxyl groups is 1. The molecule has 4 aromatic rings. The molecule has 1 unspecified atom stereocenters.